The number of carbonyl (C=O) groups excluding carboxylic acids is 1. The van der Waals surface area contributed by atoms with Crippen molar-refractivity contribution in [3.63, 3.8) is 0 Å². The molecule has 3 aliphatic heterocycles. The molecule has 6 rings (SSSR count). The predicted octanol–water partition coefficient (Wildman–Crippen LogP) is 4.51. The molecule has 1 amide bonds. The SMILES string of the molecule is O=C(c1cnn2ccc(N3CCC[C@@H]3c3cc(F)ccc3F)cc12)N1CCC(CN2CCCC2)C1. The summed E-state index contributed by atoms with van der Waals surface area (Å²) in [5.41, 5.74) is 2.63. The molecule has 0 bridgehead atoms. The molecule has 0 N–H and O–H groups in total. The fourth-order valence-electron chi connectivity index (χ4n) is 6.15. The Morgan fingerprint density at radius 1 is 1.00 bits per heavy atom. The molecule has 2 atom stereocenters. The van der Waals surface area contributed by atoms with Crippen molar-refractivity contribution < 1.29 is 13.6 Å². The number of fused-ring (bicyclic) bond motifs is 1. The number of amides is 1. The van der Waals surface area contributed by atoms with E-state index in [4.69, 9.17) is 0 Å². The highest BCUT2D eigenvalue weighted by atomic mass is 19.1. The molecular formula is C27H31F2N5O. The Hall–Kier alpha value is -3.00. The van der Waals surface area contributed by atoms with Crippen LogP contribution in [0.1, 0.15) is 54.1 Å². The maximum absolute atomic E-state index is 14.6. The van der Waals surface area contributed by atoms with Crippen molar-refractivity contribution in [3.05, 3.63) is 65.5 Å². The fraction of sp³-hybridized carbons (Fsp3) is 0.481. The molecule has 35 heavy (non-hydrogen) atoms. The standard InChI is InChI=1S/C27H31F2N5O/c28-20-5-6-24(29)22(14-20)25-4-3-11-33(25)21-8-13-34-26(15-21)23(16-30-34)27(35)32-12-7-19(18-32)17-31-9-1-2-10-31/h5-6,8,13-16,19,25H,1-4,7,9-12,17-18H2/t19?,25-/m1/s1. The molecule has 2 aromatic heterocycles. The minimum atomic E-state index is -0.430. The predicted molar refractivity (Wildman–Crippen MR) is 131 cm³/mol. The minimum Gasteiger partial charge on any atom is -0.364 e. The van der Waals surface area contributed by atoms with Gasteiger partial charge in [-0.05, 0) is 81.4 Å². The van der Waals surface area contributed by atoms with Crippen LogP contribution >= 0.6 is 0 Å². The molecule has 0 saturated carbocycles. The lowest BCUT2D eigenvalue weighted by atomic mass is 10.0. The Kier molecular flexibility index (Phi) is 5.92. The van der Waals surface area contributed by atoms with Crippen molar-refractivity contribution in [2.24, 2.45) is 5.92 Å². The summed E-state index contributed by atoms with van der Waals surface area (Å²) in [7, 11) is 0. The van der Waals surface area contributed by atoms with Gasteiger partial charge in [0.2, 0.25) is 0 Å². The minimum absolute atomic E-state index is 0.0234. The lowest BCUT2D eigenvalue weighted by molar-refractivity contribution is 0.0786. The highest BCUT2D eigenvalue weighted by Gasteiger charge is 2.32. The summed E-state index contributed by atoms with van der Waals surface area (Å²) < 4.78 is 30.2. The number of hydrogen-bond acceptors (Lipinski definition) is 4. The number of carbonyl (C=O) groups is 1. The third-order valence-electron chi connectivity index (χ3n) is 7.93. The Balaban J connectivity index is 1.23. The van der Waals surface area contributed by atoms with Crippen LogP contribution in [0, 0.1) is 17.6 Å². The second kappa shape index (κ2) is 9.22. The van der Waals surface area contributed by atoms with Gasteiger partial charge in [-0.1, -0.05) is 0 Å². The first-order valence-corrected chi connectivity index (χ1v) is 12.8. The van der Waals surface area contributed by atoms with Crippen LogP contribution in [0.2, 0.25) is 0 Å². The third kappa shape index (κ3) is 4.29. The molecule has 5 heterocycles. The largest absolute Gasteiger partial charge is 0.364 e. The van der Waals surface area contributed by atoms with Gasteiger partial charge < -0.3 is 14.7 Å². The number of halogens is 2. The number of aromatic nitrogens is 2. The van der Waals surface area contributed by atoms with Crippen molar-refractivity contribution in [3.8, 4) is 0 Å². The molecule has 184 valence electrons. The zero-order valence-electron chi connectivity index (χ0n) is 19.9. The first-order chi connectivity index (χ1) is 17.1. The van der Waals surface area contributed by atoms with E-state index < -0.39 is 5.82 Å². The second-order valence-corrected chi connectivity index (χ2v) is 10.2. The van der Waals surface area contributed by atoms with Crippen molar-refractivity contribution in [2.45, 2.75) is 38.1 Å². The number of likely N-dealkylation sites (tertiary alicyclic amines) is 2. The van der Waals surface area contributed by atoms with E-state index in [1.165, 1.54) is 38.1 Å². The van der Waals surface area contributed by atoms with Crippen molar-refractivity contribution in [2.75, 3.05) is 44.2 Å². The molecule has 3 aliphatic rings. The number of nitrogens with zero attached hydrogens (tertiary/aromatic N) is 5. The molecule has 3 saturated heterocycles. The number of pyridine rings is 1. The van der Waals surface area contributed by atoms with Crippen molar-refractivity contribution >= 4 is 17.1 Å². The topological polar surface area (TPSA) is 44.1 Å². The lowest BCUT2D eigenvalue weighted by Crippen LogP contribution is -2.32. The Morgan fingerprint density at radius 3 is 2.71 bits per heavy atom. The normalized spacial score (nSPS) is 23.1. The van der Waals surface area contributed by atoms with Crippen LogP contribution in [0.25, 0.3) is 5.52 Å². The van der Waals surface area contributed by atoms with E-state index in [-0.39, 0.29) is 17.8 Å². The molecule has 1 aromatic carbocycles. The van der Waals surface area contributed by atoms with Crippen LogP contribution in [0.4, 0.5) is 14.5 Å². The Labute approximate surface area is 204 Å². The zero-order chi connectivity index (χ0) is 23.9. The molecular weight excluding hydrogens is 448 g/mol. The summed E-state index contributed by atoms with van der Waals surface area (Å²) in [6, 6.07) is 7.32. The summed E-state index contributed by atoms with van der Waals surface area (Å²) >= 11 is 0. The van der Waals surface area contributed by atoms with Crippen LogP contribution in [0.15, 0.2) is 42.7 Å². The summed E-state index contributed by atoms with van der Waals surface area (Å²) in [6.07, 6.45) is 8.75. The highest BCUT2D eigenvalue weighted by molar-refractivity contribution is 6.01. The van der Waals surface area contributed by atoms with E-state index in [0.717, 1.165) is 62.7 Å². The first-order valence-electron chi connectivity index (χ1n) is 12.8. The van der Waals surface area contributed by atoms with Crippen LogP contribution in [-0.4, -0.2) is 64.6 Å². The van der Waals surface area contributed by atoms with Gasteiger partial charge in [-0.2, -0.15) is 5.10 Å². The smallest absolute Gasteiger partial charge is 0.257 e. The number of benzene rings is 1. The average molecular weight is 480 g/mol. The Morgan fingerprint density at radius 2 is 1.86 bits per heavy atom. The summed E-state index contributed by atoms with van der Waals surface area (Å²) in [6.45, 7) is 5.76. The van der Waals surface area contributed by atoms with Gasteiger partial charge in [0.15, 0.2) is 0 Å². The first kappa shape index (κ1) is 22.5. The van der Waals surface area contributed by atoms with Gasteiger partial charge in [-0.3, -0.25) is 4.79 Å². The van der Waals surface area contributed by atoms with E-state index in [2.05, 4.69) is 14.9 Å². The Bertz CT molecular complexity index is 1240. The molecule has 3 fully saturated rings. The average Bonchev–Trinajstić information content (AvgIpc) is 3.66. The molecule has 1 unspecified atom stereocenters. The summed E-state index contributed by atoms with van der Waals surface area (Å²) in [5, 5.41) is 4.42. The fourth-order valence-corrected chi connectivity index (χ4v) is 6.15. The van der Waals surface area contributed by atoms with Gasteiger partial charge in [0, 0.05) is 43.6 Å². The van der Waals surface area contributed by atoms with Crippen LogP contribution in [-0.2, 0) is 0 Å². The van der Waals surface area contributed by atoms with E-state index in [9.17, 15) is 13.6 Å². The monoisotopic (exact) mass is 479 g/mol. The van der Waals surface area contributed by atoms with E-state index in [1.807, 2.05) is 23.2 Å². The van der Waals surface area contributed by atoms with E-state index in [1.54, 1.807) is 10.7 Å². The van der Waals surface area contributed by atoms with Crippen molar-refractivity contribution in [1.82, 2.24) is 19.4 Å². The van der Waals surface area contributed by atoms with Gasteiger partial charge in [0.05, 0.1) is 23.3 Å². The van der Waals surface area contributed by atoms with Gasteiger partial charge in [0.1, 0.15) is 11.6 Å². The van der Waals surface area contributed by atoms with Gasteiger partial charge in [0.25, 0.3) is 5.91 Å². The van der Waals surface area contributed by atoms with Crippen LogP contribution in [0.3, 0.4) is 0 Å². The number of rotatable bonds is 5. The molecule has 0 aliphatic carbocycles. The van der Waals surface area contributed by atoms with Gasteiger partial charge in [-0.25, -0.2) is 13.3 Å². The highest BCUT2D eigenvalue weighted by Crippen LogP contribution is 2.38. The molecule has 8 heteroatoms. The van der Waals surface area contributed by atoms with Crippen LogP contribution in [0.5, 0.6) is 0 Å². The zero-order valence-corrected chi connectivity index (χ0v) is 19.9. The maximum atomic E-state index is 14.6. The van der Waals surface area contributed by atoms with Gasteiger partial charge in [-0.15, -0.1) is 0 Å². The third-order valence-corrected chi connectivity index (χ3v) is 7.93. The molecule has 0 spiro atoms. The second-order valence-electron chi connectivity index (χ2n) is 10.2. The number of anilines is 1. The van der Waals surface area contributed by atoms with E-state index >= 15 is 0 Å². The van der Waals surface area contributed by atoms with Gasteiger partial charge >= 0.3 is 0 Å². The number of hydrogen-bond donors (Lipinski definition) is 0. The van der Waals surface area contributed by atoms with E-state index in [0.29, 0.717) is 17.0 Å². The lowest BCUT2D eigenvalue weighted by Gasteiger charge is -2.27. The summed E-state index contributed by atoms with van der Waals surface area (Å²) in [5.74, 6) is -0.265. The summed E-state index contributed by atoms with van der Waals surface area (Å²) in [4.78, 5) is 20.1. The maximum Gasteiger partial charge on any atom is 0.257 e. The molecule has 6 nitrogen and oxygen atoms in total. The van der Waals surface area contributed by atoms with Crippen LogP contribution < -0.4 is 4.90 Å². The quantitative estimate of drug-likeness (QED) is 0.540. The molecule has 0 radical (unpaired) electrons. The molecule has 3 aromatic rings. The van der Waals surface area contributed by atoms with Crippen molar-refractivity contribution in [1.29, 1.82) is 0 Å².